The average molecular weight is 300 g/mol. The van der Waals surface area contributed by atoms with Crippen LogP contribution in [0.2, 0.25) is 0 Å². The second-order valence-electron chi connectivity index (χ2n) is 5.86. The van der Waals surface area contributed by atoms with Gasteiger partial charge in [0, 0.05) is 38.2 Å². The van der Waals surface area contributed by atoms with Crippen molar-refractivity contribution in [2.45, 2.75) is 45.6 Å². The molecule has 1 aliphatic carbocycles. The second-order valence-corrected chi connectivity index (χ2v) is 5.86. The maximum Gasteiger partial charge on any atom is 0.318 e. The molecule has 1 aromatic rings. The quantitative estimate of drug-likeness (QED) is 0.855. The molecule has 0 saturated carbocycles. The van der Waals surface area contributed by atoms with E-state index >= 15 is 0 Å². The number of hydrogen-bond acceptors (Lipinski definition) is 5. The number of nitrogens with one attached hydrogen (secondary N) is 1. The molecular formula is C17H24N4O. The minimum Gasteiger partial charge on any atom is -0.460 e. The molecule has 118 valence electrons. The molecule has 0 radical (unpaired) electrons. The number of fused-ring (bicyclic) bond motifs is 1. The van der Waals surface area contributed by atoms with E-state index in [0.29, 0.717) is 12.4 Å². The molecule has 22 heavy (non-hydrogen) atoms. The lowest BCUT2D eigenvalue weighted by Crippen LogP contribution is -2.44. The van der Waals surface area contributed by atoms with E-state index < -0.39 is 0 Å². The highest BCUT2D eigenvalue weighted by Gasteiger charge is 2.22. The summed E-state index contributed by atoms with van der Waals surface area (Å²) in [7, 11) is 0. The fourth-order valence-electron chi connectivity index (χ4n) is 2.77. The SMILES string of the molecule is CC[C@@H](C)Oc1nc2c(c(N3CCNCC3)n1)CCC#CC2. The molecule has 1 fully saturated rings. The van der Waals surface area contributed by atoms with Gasteiger partial charge in [0.15, 0.2) is 0 Å². The molecule has 2 aliphatic rings. The maximum absolute atomic E-state index is 5.89. The van der Waals surface area contributed by atoms with Crippen molar-refractivity contribution in [2.24, 2.45) is 0 Å². The van der Waals surface area contributed by atoms with Crippen molar-refractivity contribution in [3.8, 4) is 17.9 Å². The van der Waals surface area contributed by atoms with Crippen LogP contribution in [0.5, 0.6) is 6.01 Å². The van der Waals surface area contributed by atoms with Crippen LogP contribution in [-0.4, -0.2) is 42.3 Å². The fraction of sp³-hybridized carbons (Fsp3) is 0.647. The van der Waals surface area contributed by atoms with Crippen molar-refractivity contribution >= 4 is 5.82 Å². The van der Waals surface area contributed by atoms with Gasteiger partial charge in [-0.2, -0.15) is 9.97 Å². The first-order valence-corrected chi connectivity index (χ1v) is 8.25. The Morgan fingerprint density at radius 3 is 2.86 bits per heavy atom. The van der Waals surface area contributed by atoms with Gasteiger partial charge in [0.2, 0.25) is 0 Å². The zero-order chi connectivity index (χ0) is 15.4. The number of rotatable bonds is 4. The van der Waals surface area contributed by atoms with Crippen LogP contribution in [0.1, 0.15) is 37.9 Å². The average Bonchev–Trinajstić information content (AvgIpc) is 2.80. The van der Waals surface area contributed by atoms with E-state index in [2.05, 4.69) is 40.9 Å². The lowest BCUT2D eigenvalue weighted by Gasteiger charge is -2.30. The van der Waals surface area contributed by atoms with E-state index in [1.54, 1.807) is 0 Å². The number of ether oxygens (including phenoxy) is 1. The Morgan fingerprint density at radius 2 is 2.09 bits per heavy atom. The Labute approximate surface area is 132 Å². The smallest absolute Gasteiger partial charge is 0.318 e. The summed E-state index contributed by atoms with van der Waals surface area (Å²) in [6.07, 6.45) is 3.61. The first-order valence-electron chi connectivity index (χ1n) is 8.25. The standard InChI is InChI=1S/C17H24N4O/c1-3-13(2)22-17-19-15-8-6-4-5-7-14(15)16(20-17)21-11-9-18-10-12-21/h13,18H,3,5,7-12H2,1-2H3/t13-/m1/s1. The number of piperazine rings is 1. The van der Waals surface area contributed by atoms with Gasteiger partial charge >= 0.3 is 6.01 Å². The molecule has 0 aromatic carbocycles. The minimum atomic E-state index is 0.130. The Morgan fingerprint density at radius 1 is 1.27 bits per heavy atom. The van der Waals surface area contributed by atoms with Gasteiger partial charge < -0.3 is 15.0 Å². The van der Waals surface area contributed by atoms with Crippen molar-refractivity contribution in [1.29, 1.82) is 0 Å². The molecule has 1 saturated heterocycles. The van der Waals surface area contributed by atoms with Gasteiger partial charge in [-0.15, -0.1) is 5.92 Å². The highest BCUT2D eigenvalue weighted by Crippen LogP contribution is 2.27. The first-order chi connectivity index (χ1) is 10.8. The van der Waals surface area contributed by atoms with Crippen LogP contribution in [0.3, 0.4) is 0 Å². The summed E-state index contributed by atoms with van der Waals surface area (Å²) in [6, 6.07) is 0.505. The van der Waals surface area contributed by atoms with Crippen molar-refractivity contribution in [1.82, 2.24) is 15.3 Å². The molecule has 3 rings (SSSR count). The molecule has 5 heteroatoms. The fourth-order valence-corrected chi connectivity index (χ4v) is 2.77. The van der Waals surface area contributed by atoms with E-state index in [1.165, 1.54) is 5.56 Å². The monoisotopic (exact) mass is 300 g/mol. The summed E-state index contributed by atoms with van der Waals surface area (Å²) < 4.78 is 5.89. The van der Waals surface area contributed by atoms with Gasteiger partial charge in [-0.1, -0.05) is 12.8 Å². The van der Waals surface area contributed by atoms with Gasteiger partial charge in [-0.05, 0) is 19.8 Å². The summed E-state index contributed by atoms with van der Waals surface area (Å²) in [6.45, 7) is 8.12. The maximum atomic E-state index is 5.89. The highest BCUT2D eigenvalue weighted by atomic mass is 16.5. The molecule has 1 aliphatic heterocycles. The molecule has 5 nitrogen and oxygen atoms in total. The molecule has 1 atom stereocenters. The van der Waals surface area contributed by atoms with Gasteiger partial charge in [0.1, 0.15) is 5.82 Å². The zero-order valence-electron chi connectivity index (χ0n) is 13.5. The lowest BCUT2D eigenvalue weighted by atomic mass is 10.1. The van der Waals surface area contributed by atoms with Crippen molar-refractivity contribution in [3.05, 3.63) is 11.3 Å². The third-order valence-electron chi connectivity index (χ3n) is 4.23. The van der Waals surface area contributed by atoms with Crippen LogP contribution in [0.15, 0.2) is 0 Å². The third-order valence-corrected chi connectivity index (χ3v) is 4.23. The van der Waals surface area contributed by atoms with Crippen LogP contribution in [0.4, 0.5) is 5.82 Å². The summed E-state index contributed by atoms with van der Waals surface area (Å²) in [5.74, 6) is 7.46. The molecule has 0 spiro atoms. The molecule has 0 bridgehead atoms. The van der Waals surface area contributed by atoms with Crippen LogP contribution >= 0.6 is 0 Å². The Bertz CT molecular complexity index is 584. The van der Waals surface area contributed by atoms with Crippen molar-refractivity contribution in [2.75, 3.05) is 31.1 Å². The predicted octanol–water partition coefficient (Wildman–Crippen LogP) is 1.56. The zero-order valence-corrected chi connectivity index (χ0v) is 13.5. The van der Waals surface area contributed by atoms with Crippen molar-refractivity contribution in [3.63, 3.8) is 0 Å². The number of nitrogens with zero attached hydrogens (tertiary/aromatic N) is 3. The minimum absolute atomic E-state index is 0.130. The predicted molar refractivity (Wildman–Crippen MR) is 87.3 cm³/mol. The molecule has 0 unspecified atom stereocenters. The highest BCUT2D eigenvalue weighted by molar-refractivity contribution is 5.52. The normalized spacial score (nSPS) is 18.7. The first kappa shape index (κ1) is 15.1. The van der Waals surface area contributed by atoms with Crippen LogP contribution < -0.4 is 15.0 Å². The largest absolute Gasteiger partial charge is 0.460 e. The van der Waals surface area contributed by atoms with E-state index in [1.807, 2.05) is 0 Å². The van der Waals surface area contributed by atoms with E-state index in [-0.39, 0.29) is 6.10 Å². The summed E-state index contributed by atoms with van der Waals surface area (Å²) in [5, 5.41) is 3.39. The molecule has 0 amide bonds. The Kier molecular flexibility index (Phi) is 4.79. The van der Waals surface area contributed by atoms with Crippen LogP contribution in [0, 0.1) is 11.8 Å². The lowest BCUT2D eigenvalue weighted by molar-refractivity contribution is 0.198. The van der Waals surface area contributed by atoms with Gasteiger partial charge in [-0.3, -0.25) is 0 Å². The van der Waals surface area contributed by atoms with Crippen molar-refractivity contribution < 1.29 is 4.74 Å². The summed E-state index contributed by atoms with van der Waals surface area (Å²) >= 11 is 0. The molecule has 1 aromatic heterocycles. The van der Waals surface area contributed by atoms with Crippen LogP contribution in [-0.2, 0) is 12.8 Å². The third kappa shape index (κ3) is 3.33. The van der Waals surface area contributed by atoms with Gasteiger partial charge in [-0.25, -0.2) is 0 Å². The van der Waals surface area contributed by atoms with Gasteiger partial charge in [0.05, 0.1) is 18.2 Å². The molecule has 2 heterocycles. The van der Waals surface area contributed by atoms with Gasteiger partial charge in [0.25, 0.3) is 0 Å². The summed E-state index contributed by atoms with van der Waals surface area (Å²) in [5.41, 5.74) is 2.29. The summed E-state index contributed by atoms with van der Waals surface area (Å²) in [4.78, 5) is 11.7. The molecular weight excluding hydrogens is 276 g/mol. The van der Waals surface area contributed by atoms with E-state index in [4.69, 9.17) is 9.72 Å². The van der Waals surface area contributed by atoms with E-state index in [9.17, 15) is 0 Å². The Hall–Kier alpha value is -1.80. The second kappa shape index (κ2) is 6.97. The van der Waals surface area contributed by atoms with Crippen LogP contribution in [0.25, 0.3) is 0 Å². The van der Waals surface area contributed by atoms with E-state index in [0.717, 1.165) is 57.0 Å². The Balaban J connectivity index is 1.96. The number of aromatic nitrogens is 2. The molecule has 1 N–H and O–H groups in total. The topological polar surface area (TPSA) is 50.3 Å². The number of anilines is 1. The number of hydrogen-bond donors (Lipinski definition) is 1.